The molecule has 1 aliphatic carbocycles. The number of ether oxygens (including phenoxy) is 2. The molecule has 2 aromatic rings. The molecule has 2 amide bonds. The lowest BCUT2D eigenvalue weighted by Crippen LogP contribution is -2.38. The third kappa shape index (κ3) is 4.96. The molecule has 2 saturated heterocycles. The fourth-order valence-corrected chi connectivity index (χ4v) is 5.06. The van der Waals surface area contributed by atoms with E-state index in [4.69, 9.17) is 14.5 Å². The minimum Gasteiger partial charge on any atom is -0.379 e. The van der Waals surface area contributed by atoms with Crippen molar-refractivity contribution in [1.29, 1.82) is 0 Å². The summed E-state index contributed by atoms with van der Waals surface area (Å²) in [6.07, 6.45) is 5.53. The maximum absolute atomic E-state index is 13.0. The van der Waals surface area contributed by atoms with Crippen LogP contribution in [0.2, 0.25) is 0 Å². The zero-order chi connectivity index (χ0) is 23.5. The van der Waals surface area contributed by atoms with Crippen molar-refractivity contribution in [2.75, 3.05) is 51.3 Å². The van der Waals surface area contributed by atoms with Gasteiger partial charge in [0.2, 0.25) is 0 Å². The SMILES string of the molecule is Cn1c(C2CCC2)nc2cc(C(=O)NCCCN3CCOCC3)cc(NC(=O)C3CCCO3)c21. The number of anilines is 1. The first-order valence-electron chi connectivity index (χ1n) is 12.6. The first-order chi connectivity index (χ1) is 16.6. The number of amides is 2. The molecular formula is C25H35N5O4. The van der Waals surface area contributed by atoms with Crippen LogP contribution in [0.4, 0.5) is 5.69 Å². The standard InChI is InChI=1S/C25H35N5O4/c1-29-22-19(27-23(29)17-5-2-6-17)15-18(16-20(22)28-25(32)21-7-3-12-34-21)24(31)26-8-4-9-30-10-13-33-14-11-30/h15-17,21H,2-14H2,1H3,(H,26,31)(H,28,32). The fourth-order valence-electron chi connectivity index (χ4n) is 5.06. The molecular weight excluding hydrogens is 434 g/mol. The van der Waals surface area contributed by atoms with E-state index in [0.29, 0.717) is 30.3 Å². The van der Waals surface area contributed by atoms with Crippen LogP contribution in [0.5, 0.6) is 0 Å². The van der Waals surface area contributed by atoms with Crippen molar-refractivity contribution in [3.05, 3.63) is 23.5 Å². The number of aromatic nitrogens is 2. The van der Waals surface area contributed by atoms with Crippen LogP contribution < -0.4 is 10.6 Å². The molecule has 0 bridgehead atoms. The molecule has 34 heavy (non-hydrogen) atoms. The number of benzene rings is 1. The lowest BCUT2D eigenvalue weighted by molar-refractivity contribution is -0.124. The van der Waals surface area contributed by atoms with Crippen LogP contribution >= 0.6 is 0 Å². The lowest BCUT2D eigenvalue weighted by atomic mass is 9.85. The molecule has 9 nitrogen and oxygen atoms in total. The van der Waals surface area contributed by atoms with E-state index in [-0.39, 0.29) is 11.8 Å². The number of rotatable bonds is 8. The first kappa shape index (κ1) is 23.3. The topological polar surface area (TPSA) is 97.7 Å². The van der Waals surface area contributed by atoms with E-state index >= 15 is 0 Å². The molecule has 0 radical (unpaired) electrons. The molecule has 2 N–H and O–H groups in total. The summed E-state index contributed by atoms with van der Waals surface area (Å²) in [6.45, 7) is 5.60. The quantitative estimate of drug-likeness (QED) is 0.577. The maximum atomic E-state index is 13.0. The van der Waals surface area contributed by atoms with Gasteiger partial charge in [-0.15, -0.1) is 0 Å². The van der Waals surface area contributed by atoms with Crippen molar-refractivity contribution in [2.45, 2.75) is 50.5 Å². The van der Waals surface area contributed by atoms with Gasteiger partial charge in [0.1, 0.15) is 11.9 Å². The number of aryl methyl sites for hydroxylation is 1. The number of nitrogens with zero attached hydrogens (tertiary/aromatic N) is 3. The molecule has 1 aromatic carbocycles. The van der Waals surface area contributed by atoms with Gasteiger partial charge in [-0.3, -0.25) is 14.5 Å². The summed E-state index contributed by atoms with van der Waals surface area (Å²) in [5, 5.41) is 6.07. The van der Waals surface area contributed by atoms with Gasteiger partial charge in [0.05, 0.1) is 29.9 Å². The fraction of sp³-hybridized carbons (Fsp3) is 0.640. The van der Waals surface area contributed by atoms with Crippen molar-refractivity contribution in [1.82, 2.24) is 19.8 Å². The van der Waals surface area contributed by atoms with E-state index in [0.717, 1.165) is 81.8 Å². The zero-order valence-corrected chi connectivity index (χ0v) is 20.0. The highest BCUT2D eigenvalue weighted by atomic mass is 16.5. The third-order valence-electron chi connectivity index (χ3n) is 7.26. The van der Waals surface area contributed by atoms with Gasteiger partial charge < -0.3 is 24.7 Å². The Labute approximate surface area is 200 Å². The van der Waals surface area contributed by atoms with Crippen LogP contribution in [0.3, 0.4) is 0 Å². The van der Waals surface area contributed by atoms with E-state index in [2.05, 4.69) is 20.1 Å². The average Bonchev–Trinajstić information content (AvgIpc) is 3.45. The first-order valence-corrected chi connectivity index (χ1v) is 12.6. The Bertz CT molecular complexity index is 1040. The van der Waals surface area contributed by atoms with Crippen LogP contribution in [0, 0.1) is 0 Å². The Morgan fingerprint density at radius 3 is 2.65 bits per heavy atom. The summed E-state index contributed by atoms with van der Waals surface area (Å²) in [7, 11) is 2.00. The Kier molecular flexibility index (Phi) is 7.12. The van der Waals surface area contributed by atoms with Gasteiger partial charge >= 0.3 is 0 Å². The minimum atomic E-state index is -0.438. The number of carbonyl (C=O) groups is 2. The molecule has 3 aliphatic rings. The monoisotopic (exact) mass is 469 g/mol. The number of hydrogen-bond donors (Lipinski definition) is 2. The van der Waals surface area contributed by atoms with Crippen molar-refractivity contribution < 1.29 is 19.1 Å². The van der Waals surface area contributed by atoms with E-state index in [1.165, 1.54) is 6.42 Å². The predicted octanol–water partition coefficient (Wildman–Crippen LogP) is 2.41. The maximum Gasteiger partial charge on any atom is 0.253 e. The van der Waals surface area contributed by atoms with Crippen LogP contribution in [-0.4, -0.2) is 78.4 Å². The van der Waals surface area contributed by atoms with Gasteiger partial charge in [0.15, 0.2) is 0 Å². The molecule has 3 heterocycles. The van der Waals surface area contributed by atoms with Gasteiger partial charge in [-0.05, 0) is 50.8 Å². The number of hydrogen-bond acceptors (Lipinski definition) is 6. The van der Waals surface area contributed by atoms with E-state index in [9.17, 15) is 9.59 Å². The molecule has 184 valence electrons. The van der Waals surface area contributed by atoms with Crippen molar-refractivity contribution in [3.63, 3.8) is 0 Å². The molecule has 3 fully saturated rings. The minimum absolute atomic E-state index is 0.146. The van der Waals surface area contributed by atoms with E-state index in [1.807, 2.05) is 13.1 Å². The average molecular weight is 470 g/mol. The Balaban J connectivity index is 1.33. The number of morpholine rings is 1. The highest BCUT2D eigenvalue weighted by Crippen LogP contribution is 2.38. The number of nitrogens with one attached hydrogen (secondary N) is 2. The highest BCUT2D eigenvalue weighted by Gasteiger charge is 2.28. The Hall–Kier alpha value is -2.49. The molecule has 1 unspecified atom stereocenters. The van der Waals surface area contributed by atoms with Gasteiger partial charge in [0, 0.05) is 44.8 Å². The Morgan fingerprint density at radius 1 is 1.12 bits per heavy atom. The van der Waals surface area contributed by atoms with Gasteiger partial charge in [-0.25, -0.2) is 4.98 Å². The Morgan fingerprint density at radius 2 is 1.94 bits per heavy atom. The number of imidazole rings is 1. The summed E-state index contributed by atoms with van der Waals surface area (Å²) >= 11 is 0. The van der Waals surface area contributed by atoms with Gasteiger partial charge in [-0.2, -0.15) is 0 Å². The van der Waals surface area contributed by atoms with E-state index in [1.54, 1.807) is 6.07 Å². The van der Waals surface area contributed by atoms with Crippen molar-refractivity contribution in [3.8, 4) is 0 Å². The van der Waals surface area contributed by atoms with Crippen molar-refractivity contribution in [2.24, 2.45) is 7.05 Å². The zero-order valence-electron chi connectivity index (χ0n) is 20.0. The number of carbonyl (C=O) groups excluding carboxylic acids is 2. The normalized spacial score (nSPS) is 21.5. The smallest absolute Gasteiger partial charge is 0.253 e. The summed E-state index contributed by atoms with van der Waals surface area (Å²) in [4.78, 5) is 33.1. The number of fused-ring (bicyclic) bond motifs is 1. The van der Waals surface area contributed by atoms with E-state index < -0.39 is 6.10 Å². The predicted molar refractivity (Wildman–Crippen MR) is 129 cm³/mol. The van der Waals surface area contributed by atoms with Gasteiger partial charge in [-0.1, -0.05) is 6.42 Å². The second kappa shape index (κ2) is 10.4. The molecule has 1 saturated carbocycles. The molecule has 0 spiro atoms. The van der Waals surface area contributed by atoms with Crippen molar-refractivity contribution >= 4 is 28.5 Å². The highest BCUT2D eigenvalue weighted by molar-refractivity contribution is 6.06. The lowest BCUT2D eigenvalue weighted by Gasteiger charge is -2.26. The molecule has 1 aromatic heterocycles. The summed E-state index contributed by atoms with van der Waals surface area (Å²) in [5.41, 5.74) is 2.74. The summed E-state index contributed by atoms with van der Waals surface area (Å²) in [6, 6.07) is 3.62. The molecule has 9 heteroatoms. The molecule has 2 aliphatic heterocycles. The molecule has 1 atom stereocenters. The third-order valence-corrected chi connectivity index (χ3v) is 7.26. The van der Waals surface area contributed by atoms with Crippen LogP contribution in [0.25, 0.3) is 11.0 Å². The van der Waals surface area contributed by atoms with Crippen LogP contribution in [0.15, 0.2) is 12.1 Å². The second-order valence-electron chi connectivity index (χ2n) is 9.60. The summed E-state index contributed by atoms with van der Waals surface area (Å²) < 4.78 is 13.0. The van der Waals surface area contributed by atoms with Crippen LogP contribution in [-0.2, 0) is 21.3 Å². The summed E-state index contributed by atoms with van der Waals surface area (Å²) in [5.74, 6) is 1.16. The molecule has 5 rings (SSSR count). The van der Waals surface area contributed by atoms with Gasteiger partial charge in [0.25, 0.3) is 11.8 Å². The second-order valence-corrected chi connectivity index (χ2v) is 9.60. The largest absolute Gasteiger partial charge is 0.379 e. The van der Waals surface area contributed by atoms with Crippen LogP contribution in [0.1, 0.15) is 60.6 Å².